The lowest BCUT2D eigenvalue weighted by Crippen LogP contribution is -2.49. The molecule has 0 unspecified atom stereocenters. The van der Waals surface area contributed by atoms with E-state index in [-0.39, 0.29) is 25.0 Å². The molecule has 2 rings (SSSR count). The third-order valence-corrected chi connectivity index (χ3v) is 3.02. The van der Waals surface area contributed by atoms with E-state index in [1.54, 1.807) is 17.0 Å². The Hall–Kier alpha value is -2.08. The van der Waals surface area contributed by atoms with Crippen molar-refractivity contribution in [3.63, 3.8) is 0 Å². The van der Waals surface area contributed by atoms with Crippen molar-refractivity contribution < 1.29 is 14.3 Å². The molecule has 1 aliphatic rings. The number of rotatable bonds is 5. The van der Waals surface area contributed by atoms with Crippen LogP contribution in [0, 0.1) is 0 Å². The zero-order valence-electron chi connectivity index (χ0n) is 11.3. The largest absolute Gasteiger partial charge is 0.484 e. The van der Waals surface area contributed by atoms with Gasteiger partial charge in [-0.1, -0.05) is 18.2 Å². The first-order chi connectivity index (χ1) is 9.75. The summed E-state index contributed by atoms with van der Waals surface area (Å²) in [5.41, 5.74) is 0. The molecule has 0 atom stereocenters. The predicted molar refractivity (Wildman–Crippen MR) is 74.4 cm³/mol. The highest BCUT2D eigenvalue weighted by Gasteiger charge is 2.16. The van der Waals surface area contributed by atoms with E-state index in [9.17, 15) is 9.59 Å². The lowest BCUT2D eigenvalue weighted by atomic mass is 10.3. The fourth-order valence-electron chi connectivity index (χ4n) is 1.92. The molecule has 108 valence electrons. The molecule has 0 aromatic heterocycles. The maximum atomic E-state index is 11.8. The molecular formula is C14H19N3O3. The van der Waals surface area contributed by atoms with E-state index >= 15 is 0 Å². The minimum absolute atomic E-state index is 0.0248. The highest BCUT2D eigenvalue weighted by atomic mass is 16.5. The SMILES string of the molecule is O=C(COc1ccccc1)NCC(=O)N1CCNCC1. The lowest BCUT2D eigenvalue weighted by molar-refractivity contribution is -0.133. The van der Waals surface area contributed by atoms with Crippen molar-refractivity contribution in [1.82, 2.24) is 15.5 Å². The summed E-state index contributed by atoms with van der Waals surface area (Å²) in [7, 11) is 0. The normalized spacial score (nSPS) is 14.7. The third-order valence-electron chi connectivity index (χ3n) is 3.02. The molecule has 1 fully saturated rings. The molecular weight excluding hydrogens is 258 g/mol. The van der Waals surface area contributed by atoms with Crippen molar-refractivity contribution in [2.24, 2.45) is 0 Å². The number of nitrogens with one attached hydrogen (secondary N) is 2. The molecule has 1 aliphatic heterocycles. The molecule has 0 saturated carbocycles. The first kappa shape index (κ1) is 14.3. The number of hydrogen-bond donors (Lipinski definition) is 2. The molecule has 0 spiro atoms. The third kappa shape index (κ3) is 4.55. The van der Waals surface area contributed by atoms with Gasteiger partial charge in [-0.25, -0.2) is 0 Å². The van der Waals surface area contributed by atoms with Gasteiger partial charge in [0, 0.05) is 26.2 Å². The van der Waals surface area contributed by atoms with Crippen LogP contribution in [0.3, 0.4) is 0 Å². The van der Waals surface area contributed by atoms with Crippen molar-refractivity contribution in [3.05, 3.63) is 30.3 Å². The Bertz CT molecular complexity index is 444. The molecule has 0 aliphatic carbocycles. The van der Waals surface area contributed by atoms with Gasteiger partial charge < -0.3 is 20.3 Å². The predicted octanol–water partition coefficient (Wildman–Crippen LogP) is -0.387. The number of amides is 2. The quantitative estimate of drug-likeness (QED) is 0.769. The van der Waals surface area contributed by atoms with Crippen LogP contribution >= 0.6 is 0 Å². The van der Waals surface area contributed by atoms with Gasteiger partial charge in [-0.3, -0.25) is 9.59 Å². The number of piperazine rings is 1. The van der Waals surface area contributed by atoms with E-state index in [0.29, 0.717) is 18.8 Å². The smallest absolute Gasteiger partial charge is 0.258 e. The highest BCUT2D eigenvalue weighted by Crippen LogP contribution is 2.07. The Morgan fingerprint density at radius 1 is 1.20 bits per heavy atom. The van der Waals surface area contributed by atoms with E-state index in [2.05, 4.69) is 10.6 Å². The van der Waals surface area contributed by atoms with Crippen molar-refractivity contribution in [3.8, 4) is 5.75 Å². The number of carbonyl (C=O) groups is 2. The number of para-hydroxylation sites is 1. The topological polar surface area (TPSA) is 70.7 Å². The summed E-state index contributed by atoms with van der Waals surface area (Å²) in [6.07, 6.45) is 0. The van der Waals surface area contributed by atoms with Crippen molar-refractivity contribution in [2.75, 3.05) is 39.3 Å². The van der Waals surface area contributed by atoms with Gasteiger partial charge in [0.15, 0.2) is 6.61 Å². The van der Waals surface area contributed by atoms with Crippen LogP contribution in [0.1, 0.15) is 0 Å². The summed E-state index contributed by atoms with van der Waals surface area (Å²) in [5.74, 6) is 0.285. The van der Waals surface area contributed by atoms with Crippen LogP contribution in [0.4, 0.5) is 0 Å². The van der Waals surface area contributed by atoms with Crippen LogP contribution in [-0.2, 0) is 9.59 Å². The summed E-state index contributed by atoms with van der Waals surface area (Å²) in [5, 5.41) is 5.75. The Balaban J connectivity index is 1.65. The Labute approximate surface area is 118 Å². The number of carbonyl (C=O) groups excluding carboxylic acids is 2. The molecule has 0 radical (unpaired) electrons. The summed E-state index contributed by atoms with van der Waals surface area (Å²) in [6.45, 7) is 2.92. The van der Waals surface area contributed by atoms with Gasteiger partial charge in [0.05, 0.1) is 6.54 Å². The number of ether oxygens (including phenoxy) is 1. The molecule has 1 saturated heterocycles. The van der Waals surface area contributed by atoms with E-state index in [0.717, 1.165) is 13.1 Å². The standard InChI is InChI=1S/C14H19N3O3/c18-13(11-20-12-4-2-1-3-5-12)16-10-14(19)17-8-6-15-7-9-17/h1-5,15H,6-11H2,(H,16,18). The fourth-order valence-corrected chi connectivity index (χ4v) is 1.92. The zero-order chi connectivity index (χ0) is 14.2. The van der Waals surface area contributed by atoms with Gasteiger partial charge in [0.1, 0.15) is 5.75 Å². The second-order valence-electron chi connectivity index (χ2n) is 4.51. The van der Waals surface area contributed by atoms with E-state index in [1.807, 2.05) is 18.2 Å². The number of hydrogen-bond acceptors (Lipinski definition) is 4. The first-order valence-electron chi connectivity index (χ1n) is 6.69. The molecule has 20 heavy (non-hydrogen) atoms. The summed E-state index contributed by atoms with van der Waals surface area (Å²) in [4.78, 5) is 25.1. The molecule has 1 aromatic carbocycles. The van der Waals surface area contributed by atoms with E-state index < -0.39 is 0 Å². The summed E-state index contributed by atoms with van der Waals surface area (Å²) in [6, 6.07) is 9.10. The molecule has 1 aromatic rings. The van der Waals surface area contributed by atoms with Crippen molar-refractivity contribution >= 4 is 11.8 Å². The van der Waals surface area contributed by atoms with Gasteiger partial charge in [0.25, 0.3) is 5.91 Å². The lowest BCUT2D eigenvalue weighted by Gasteiger charge is -2.27. The van der Waals surface area contributed by atoms with Crippen LogP contribution in [0.15, 0.2) is 30.3 Å². The van der Waals surface area contributed by atoms with Gasteiger partial charge in [-0.2, -0.15) is 0 Å². The maximum Gasteiger partial charge on any atom is 0.258 e. The van der Waals surface area contributed by atoms with Crippen LogP contribution in [0.25, 0.3) is 0 Å². The fraction of sp³-hybridized carbons (Fsp3) is 0.429. The zero-order valence-corrected chi connectivity index (χ0v) is 11.3. The minimum atomic E-state index is -0.294. The van der Waals surface area contributed by atoms with Crippen LogP contribution < -0.4 is 15.4 Å². The summed E-state index contributed by atoms with van der Waals surface area (Å²) >= 11 is 0. The maximum absolute atomic E-state index is 11.8. The number of nitrogens with zero attached hydrogens (tertiary/aromatic N) is 1. The van der Waals surface area contributed by atoms with Crippen LogP contribution in [-0.4, -0.2) is 56.0 Å². The van der Waals surface area contributed by atoms with Crippen LogP contribution in [0.2, 0.25) is 0 Å². The number of benzene rings is 1. The van der Waals surface area contributed by atoms with Crippen molar-refractivity contribution in [2.45, 2.75) is 0 Å². The van der Waals surface area contributed by atoms with Gasteiger partial charge in [-0.15, -0.1) is 0 Å². The molecule has 2 amide bonds. The molecule has 2 N–H and O–H groups in total. The molecule has 0 bridgehead atoms. The Kier molecular flexibility index (Phi) is 5.37. The second-order valence-corrected chi connectivity index (χ2v) is 4.51. The highest BCUT2D eigenvalue weighted by molar-refractivity contribution is 5.85. The first-order valence-corrected chi connectivity index (χ1v) is 6.69. The molecule has 6 heteroatoms. The average molecular weight is 277 g/mol. The van der Waals surface area contributed by atoms with E-state index in [1.165, 1.54) is 0 Å². The van der Waals surface area contributed by atoms with Gasteiger partial charge in [-0.05, 0) is 12.1 Å². The Morgan fingerprint density at radius 3 is 2.60 bits per heavy atom. The average Bonchev–Trinajstić information content (AvgIpc) is 2.52. The minimum Gasteiger partial charge on any atom is -0.484 e. The second kappa shape index (κ2) is 7.49. The molecule has 6 nitrogen and oxygen atoms in total. The Morgan fingerprint density at radius 2 is 1.90 bits per heavy atom. The monoisotopic (exact) mass is 277 g/mol. The van der Waals surface area contributed by atoms with Gasteiger partial charge in [0.2, 0.25) is 5.91 Å². The van der Waals surface area contributed by atoms with Gasteiger partial charge >= 0.3 is 0 Å². The van der Waals surface area contributed by atoms with Crippen molar-refractivity contribution in [1.29, 1.82) is 0 Å². The van der Waals surface area contributed by atoms with Crippen LogP contribution in [0.5, 0.6) is 5.75 Å². The summed E-state index contributed by atoms with van der Waals surface area (Å²) < 4.78 is 5.30. The molecule has 1 heterocycles. The van der Waals surface area contributed by atoms with E-state index in [4.69, 9.17) is 4.74 Å².